The van der Waals surface area contributed by atoms with Gasteiger partial charge in [0.05, 0.1) is 17.7 Å². The largest absolute Gasteiger partial charge is 0.476 e. The standard InChI is InChI=1S/C8H7N3O2S/c12-8(13)7-1-2-11(10-7)3-6-4-14-5-9-6/h1-2,4-5H,3H2,(H,12,13). The fourth-order valence-electron chi connectivity index (χ4n) is 1.05. The summed E-state index contributed by atoms with van der Waals surface area (Å²) in [6.07, 6.45) is 1.63. The summed E-state index contributed by atoms with van der Waals surface area (Å²) in [5.74, 6) is -1.01. The van der Waals surface area contributed by atoms with Gasteiger partial charge in [-0.2, -0.15) is 5.10 Å². The van der Waals surface area contributed by atoms with Crippen LogP contribution in [0.2, 0.25) is 0 Å². The van der Waals surface area contributed by atoms with Gasteiger partial charge < -0.3 is 5.11 Å². The Bertz CT molecular complexity index is 435. The molecule has 2 heterocycles. The Morgan fingerprint density at radius 1 is 1.64 bits per heavy atom. The highest BCUT2D eigenvalue weighted by molar-refractivity contribution is 7.07. The van der Waals surface area contributed by atoms with Crippen LogP contribution in [0.15, 0.2) is 23.2 Å². The summed E-state index contributed by atoms with van der Waals surface area (Å²) in [5, 5.41) is 14.4. The van der Waals surface area contributed by atoms with E-state index in [9.17, 15) is 4.79 Å². The quantitative estimate of drug-likeness (QED) is 0.821. The predicted molar refractivity (Wildman–Crippen MR) is 50.4 cm³/mol. The molecule has 0 aliphatic carbocycles. The van der Waals surface area contributed by atoms with Gasteiger partial charge in [0.25, 0.3) is 0 Å². The van der Waals surface area contributed by atoms with Gasteiger partial charge in [-0.15, -0.1) is 11.3 Å². The van der Waals surface area contributed by atoms with Gasteiger partial charge in [0.1, 0.15) is 0 Å². The number of thiazole rings is 1. The molecule has 72 valence electrons. The molecule has 0 spiro atoms. The maximum absolute atomic E-state index is 10.5. The minimum atomic E-state index is -1.01. The Balaban J connectivity index is 2.14. The monoisotopic (exact) mass is 209 g/mol. The Hall–Kier alpha value is -1.69. The highest BCUT2D eigenvalue weighted by Crippen LogP contribution is 2.04. The van der Waals surface area contributed by atoms with Gasteiger partial charge >= 0.3 is 5.97 Å². The molecule has 2 rings (SSSR count). The van der Waals surface area contributed by atoms with Crippen molar-refractivity contribution in [2.75, 3.05) is 0 Å². The van der Waals surface area contributed by atoms with E-state index in [2.05, 4.69) is 10.1 Å². The molecule has 0 atom stereocenters. The Labute approximate surface area is 83.6 Å². The van der Waals surface area contributed by atoms with Crippen LogP contribution in [0, 0.1) is 0 Å². The van der Waals surface area contributed by atoms with Crippen molar-refractivity contribution in [2.24, 2.45) is 0 Å². The molecule has 0 fully saturated rings. The fraction of sp³-hybridized carbons (Fsp3) is 0.125. The zero-order valence-corrected chi connectivity index (χ0v) is 7.94. The summed E-state index contributed by atoms with van der Waals surface area (Å²) in [7, 11) is 0. The van der Waals surface area contributed by atoms with E-state index in [0.717, 1.165) is 5.69 Å². The number of carbonyl (C=O) groups is 1. The maximum Gasteiger partial charge on any atom is 0.356 e. The van der Waals surface area contributed by atoms with Crippen LogP contribution in [0.4, 0.5) is 0 Å². The Kier molecular flexibility index (Phi) is 2.28. The SMILES string of the molecule is O=C(O)c1ccn(Cc2cscn2)n1. The molecule has 1 N–H and O–H groups in total. The van der Waals surface area contributed by atoms with E-state index in [1.54, 1.807) is 16.4 Å². The van der Waals surface area contributed by atoms with Crippen molar-refractivity contribution in [3.8, 4) is 0 Å². The van der Waals surface area contributed by atoms with Crippen molar-refractivity contribution in [1.29, 1.82) is 0 Å². The van der Waals surface area contributed by atoms with Gasteiger partial charge in [0, 0.05) is 11.6 Å². The van der Waals surface area contributed by atoms with Crippen molar-refractivity contribution in [1.82, 2.24) is 14.8 Å². The molecule has 0 unspecified atom stereocenters. The molecule has 0 aliphatic rings. The third kappa shape index (κ3) is 1.80. The van der Waals surface area contributed by atoms with E-state index in [1.165, 1.54) is 17.4 Å². The van der Waals surface area contributed by atoms with Gasteiger partial charge in [-0.05, 0) is 6.07 Å². The lowest BCUT2D eigenvalue weighted by atomic mass is 10.4. The van der Waals surface area contributed by atoms with Crippen molar-refractivity contribution < 1.29 is 9.90 Å². The van der Waals surface area contributed by atoms with Gasteiger partial charge in [-0.3, -0.25) is 4.68 Å². The van der Waals surface area contributed by atoms with E-state index in [-0.39, 0.29) is 5.69 Å². The van der Waals surface area contributed by atoms with Crippen LogP contribution in [0.3, 0.4) is 0 Å². The van der Waals surface area contributed by atoms with E-state index in [0.29, 0.717) is 6.54 Å². The van der Waals surface area contributed by atoms with Crippen molar-refractivity contribution in [3.05, 3.63) is 34.5 Å². The van der Waals surface area contributed by atoms with Crippen LogP contribution in [0.1, 0.15) is 16.2 Å². The average molecular weight is 209 g/mol. The first kappa shape index (κ1) is 8.89. The van der Waals surface area contributed by atoms with E-state index >= 15 is 0 Å². The number of nitrogens with zero attached hydrogens (tertiary/aromatic N) is 3. The molecular weight excluding hydrogens is 202 g/mol. The normalized spacial score (nSPS) is 10.3. The van der Waals surface area contributed by atoms with Gasteiger partial charge in [0.2, 0.25) is 0 Å². The second-order valence-electron chi connectivity index (χ2n) is 2.68. The topological polar surface area (TPSA) is 68.0 Å². The summed E-state index contributed by atoms with van der Waals surface area (Å²) < 4.78 is 1.55. The van der Waals surface area contributed by atoms with Gasteiger partial charge in [-0.1, -0.05) is 0 Å². The number of carboxylic acids is 1. The number of rotatable bonds is 3. The first-order valence-corrected chi connectivity index (χ1v) is 4.84. The molecule has 2 aromatic rings. The zero-order valence-electron chi connectivity index (χ0n) is 7.12. The third-order valence-corrected chi connectivity index (χ3v) is 2.30. The highest BCUT2D eigenvalue weighted by Gasteiger charge is 2.06. The molecular formula is C8H7N3O2S. The molecule has 14 heavy (non-hydrogen) atoms. The van der Waals surface area contributed by atoms with Crippen LogP contribution in [-0.2, 0) is 6.54 Å². The molecule has 6 heteroatoms. The van der Waals surface area contributed by atoms with Crippen molar-refractivity contribution in [2.45, 2.75) is 6.54 Å². The summed E-state index contributed by atoms with van der Waals surface area (Å²) in [5.41, 5.74) is 2.67. The summed E-state index contributed by atoms with van der Waals surface area (Å²) in [6, 6.07) is 1.47. The third-order valence-electron chi connectivity index (χ3n) is 1.67. The maximum atomic E-state index is 10.5. The molecule has 0 amide bonds. The molecule has 0 aliphatic heterocycles. The number of carboxylic acid groups (broad SMARTS) is 1. The highest BCUT2D eigenvalue weighted by atomic mass is 32.1. The first-order valence-electron chi connectivity index (χ1n) is 3.89. The summed E-state index contributed by atoms with van der Waals surface area (Å²) in [4.78, 5) is 14.6. The van der Waals surface area contributed by atoms with Crippen LogP contribution < -0.4 is 0 Å². The van der Waals surface area contributed by atoms with Crippen molar-refractivity contribution >= 4 is 17.3 Å². The van der Waals surface area contributed by atoms with E-state index in [4.69, 9.17) is 5.11 Å². The predicted octanol–water partition coefficient (Wildman–Crippen LogP) is 1.09. The minimum absolute atomic E-state index is 0.0558. The molecule has 0 bridgehead atoms. The molecule has 0 aromatic carbocycles. The second-order valence-corrected chi connectivity index (χ2v) is 3.40. The number of hydrogen-bond donors (Lipinski definition) is 1. The smallest absolute Gasteiger partial charge is 0.356 e. The van der Waals surface area contributed by atoms with E-state index in [1.807, 2.05) is 5.38 Å². The van der Waals surface area contributed by atoms with Crippen molar-refractivity contribution in [3.63, 3.8) is 0 Å². The molecule has 2 aromatic heterocycles. The van der Waals surface area contributed by atoms with Crippen LogP contribution in [0.25, 0.3) is 0 Å². The van der Waals surface area contributed by atoms with Crippen LogP contribution in [0.5, 0.6) is 0 Å². The summed E-state index contributed by atoms with van der Waals surface area (Å²) >= 11 is 1.50. The van der Waals surface area contributed by atoms with Crippen LogP contribution >= 0.6 is 11.3 Å². The van der Waals surface area contributed by atoms with E-state index < -0.39 is 5.97 Å². The lowest BCUT2D eigenvalue weighted by Gasteiger charge is -1.95. The molecule has 0 radical (unpaired) electrons. The lowest BCUT2D eigenvalue weighted by Crippen LogP contribution is -2.03. The molecule has 0 saturated heterocycles. The summed E-state index contributed by atoms with van der Waals surface area (Å²) in [6.45, 7) is 0.511. The average Bonchev–Trinajstić information content (AvgIpc) is 2.75. The Morgan fingerprint density at radius 3 is 3.07 bits per heavy atom. The fourth-order valence-corrected chi connectivity index (χ4v) is 1.59. The molecule has 0 saturated carbocycles. The minimum Gasteiger partial charge on any atom is -0.476 e. The number of aromatic carboxylic acids is 1. The van der Waals surface area contributed by atoms with Gasteiger partial charge in [-0.25, -0.2) is 9.78 Å². The molecule has 5 nitrogen and oxygen atoms in total. The zero-order chi connectivity index (χ0) is 9.97. The second kappa shape index (κ2) is 3.59. The van der Waals surface area contributed by atoms with Gasteiger partial charge in [0.15, 0.2) is 5.69 Å². The van der Waals surface area contributed by atoms with Crippen LogP contribution in [-0.4, -0.2) is 25.8 Å². The Morgan fingerprint density at radius 2 is 2.50 bits per heavy atom. The number of aromatic nitrogens is 3. The first-order chi connectivity index (χ1) is 6.75. The number of hydrogen-bond acceptors (Lipinski definition) is 4. The lowest BCUT2D eigenvalue weighted by molar-refractivity contribution is 0.0689.